The van der Waals surface area contributed by atoms with Gasteiger partial charge in [0.2, 0.25) is 0 Å². The Kier molecular flexibility index (Phi) is 43.0. The molecule has 4 N–H and O–H groups in total. The van der Waals surface area contributed by atoms with E-state index >= 15 is 0 Å². The number of halogens is 2. The molecule has 2 amide bonds. The lowest BCUT2D eigenvalue weighted by molar-refractivity contribution is -0.890. The van der Waals surface area contributed by atoms with Crippen LogP contribution in [-0.4, -0.2) is 204 Å². The van der Waals surface area contributed by atoms with Gasteiger partial charge in [-0.3, -0.25) is 40.9 Å². The molecule has 0 aliphatic heterocycles. The molecule has 0 heterocycles. The number of quaternary nitrogens is 4. The average Bonchev–Trinajstić information content (AvgIpc) is 2.77. The Morgan fingerprint density at radius 2 is 0.649 bits per heavy atom. The minimum atomic E-state index is -0.500. The maximum absolute atomic E-state index is 11.3. The zero-order chi connectivity index (χ0) is 44.4. The van der Waals surface area contributed by atoms with Crippen molar-refractivity contribution in [2.75, 3.05) is 125 Å². The minimum absolute atomic E-state index is 0. The molecule has 0 atom stereocenters. The van der Waals surface area contributed by atoms with Gasteiger partial charge in [-0.15, -0.1) is 20.4 Å². The predicted octanol–water partition coefficient (Wildman–Crippen LogP) is -2.93. The van der Waals surface area contributed by atoms with E-state index in [1.165, 1.54) is 32.7 Å². The summed E-state index contributed by atoms with van der Waals surface area (Å²) in [6.45, 7) is 5.73. The van der Waals surface area contributed by atoms with Gasteiger partial charge in [-0.2, -0.15) is 18.4 Å². The lowest BCUT2D eigenvalue weighted by Crippen LogP contribution is -2.48. The van der Waals surface area contributed by atoms with Crippen LogP contribution >= 0.6 is 23.2 Å². The van der Waals surface area contributed by atoms with Crippen molar-refractivity contribution in [3.8, 4) is 0 Å². The molecule has 0 aromatic rings. The molecule has 0 radical (unpaired) electrons. The lowest BCUT2D eigenvalue weighted by Gasteiger charge is -2.24. The zero-order valence-electron chi connectivity index (χ0n) is 35.3. The summed E-state index contributed by atoms with van der Waals surface area (Å²) >= 11 is 10.2. The van der Waals surface area contributed by atoms with Gasteiger partial charge in [-0.1, -0.05) is 22.3 Å². The fraction of sp³-hybridized carbons (Fsp3) is 0.758. The Bertz CT molecular complexity index is 1160. The standard InChI is InChI=1S/2C8H18N4O2.2C6H11ClN2O2.C2H8N2.3CH4/c2*1-7(13)10-12(4,5)6-8(14)9-11(2)3;2*1-5(10)8-9(2,3)4-6(7)11;1-4(2)3;;;/h2*6H2,1-5H3,(H-,9,10,13,14);2*4H2,1-3H3;3H2,1-2H3;3*1H4. The van der Waals surface area contributed by atoms with Crippen molar-refractivity contribution in [1.29, 1.82) is 0 Å². The highest BCUT2D eigenvalue weighted by Crippen LogP contribution is 2.01. The second-order valence-corrected chi connectivity index (χ2v) is 15.0. The van der Waals surface area contributed by atoms with Crippen molar-refractivity contribution in [2.45, 2.75) is 50.0 Å². The first-order valence-corrected chi connectivity index (χ1v) is 16.6. The summed E-state index contributed by atoms with van der Waals surface area (Å²) in [6.07, 6.45) is 0. The number of hydrogen-bond donors (Lipinski definition) is 3. The molecular weight excluding hydrogens is 791 g/mol. The quantitative estimate of drug-likeness (QED) is 0.0396. The maximum atomic E-state index is 11.3. The highest BCUT2D eigenvalue weighted by atomic mass is 35.5. The average molecular weight is 870 g/mol. The van der Waals surface area contributed by atoms with Crippen molar-refractivity contribution in [3.63, 3.8) is 0 Å². The number of hydrogen-bond acceptors (Lipinski definition) is 16. The highest BCUT2D eigenvalue weighted by molar-refractivity contribution is 6.64. The van der Waals surface area contributed by atoms with Crippen LogP contribution in [0, 0.1) is 0 Å². The van der Waals surface area contributed by atoms with Crippen molar-refractivity contribution < 1.29 is 58.0 Å². The molecule has 57 heavy (non-hydrogen) atoms. The van der Waals surface area contributed by atoms with Gasteiger partial charge in [-0.05, 0) is 50.9 Å². The van der Waals surface area contributed by atoms with Gasteiger partial charge in [0.1, 0.15) is 0 Å². The summed E-state index contributed by atoms with van der Waals surface area (Å²) in [5.74, 6) is 3.40. The van der Waals surface area contributed by atoms with Gasteiger partial charge < -0.3 is 20.4 Å². The van der Waals surface area contributed by atoms with Crippen molar-refractivity contribution in [1.82, 2.24) is 25.9 Å². The van der Waals surface area contributed by atoms with Gasteiger partial charge in [0.05, 0.1) is 56.4 Å². The first-order valence-electron chi connectivity index (χ1n) is 15.9. The van der Waals surface area contributed by atoms with Crippen molar-refractivity contribution in [2.24, 2.45) is 26.2 Å². The summed E-state index contributed by atoms with van der Waals surface area (Å²) in [6, 6.07) is 0. The van der Waals surface area contributed by atoms with E-state index in [-0.39, 0.29) is 102 Å². The zero-order valence-corrected chi connectivity index (χ0v) is 36.9. The van der Waals surface area contributed by atoms with Crippen LogP contribution in [0.25, 0.3) is 0 Å². The number of rotatable bonds is 14. The first-order chi connectivity index (χ1) is 23.9. The molecule has 0 aromatic heterocycles. The molecule has 0 aliphatic carbocycles. The molecule has 0 aliphatic rings. The van der Waals surface area contributed by atoms with Crippen LogP contribution in [0.1, 0.15) is 50.0 Å². The summed E-state index contributed by atoms with van der Waals surface area (Å²) in [5.41, 5.74) is 5.16. The van der Waals surface area contributed by atoms with Crippen LogP contribution in [0.5, 0.6) is 0 Å². The molecule has 0 unspecified atom stereocenters. The molecule has 0 aromatic carbocycles. The maximum Gasteiger partial charge on any atom is 0.291 e. The monoisotopic (exact) mass is 869 g/mol. The summed E-state index contributed by atoms with van der Waals surface area (Å²) in [7, 11) is 23.7. The van der Waals surface area contributed by atoms with Crippen LogP contribution in [-0.2, 0) is 19.2 Å². The minimum Gasteiger partial charge on any atom is -0.858 e. The topological polar surface area (TPSA) is 270 Å². The van der Waals surface area contributed by atoms with E-state index in [2.05, 4.69) is 31.3 Å². The van der Waals surface area contributed by atoms with E-state index in [4.69, 9.17) is 29.0 Å². The van der Waals surface area contributed by atoms with E-state index in [9.17, 15) is 39.6 Å². The molecule has 0 spiro atoms. The van der Waals surface area contributed by atoms with Crippen molar-refractivity contribution >= 4 is 69.1 Å². The molecule has 0 saturated carbocycles. The summed E-state index contributed by atoms with van der Waals surface area (Å²) < 4.78 is -0.0701. The third kappa shape index (κ3) is 67.5. The number of nitrogens with zero attached hydrogens (tertiary/aromatic N) is 11. The number of nitrogens with one attached hydrogen (secondary N) is 2. The number of nitrogens with two attached hydrogens (primary N) is 1. The van der Waals surface area contributed by atoms with Gasteiger partial charge >= 0.3 is 0 Å². The molecule has 342 valence electrons. The van der Waals surface area contributed by atoms with E-state index in [1.807, 2.05) is 0 Å². The van der Waals surface area contributed by atoms with Crippen LogP contribution in [0.15, 0.2) is 20.4 Å². The Morgan fingerprint density at radius 1 is 0.491 bits per heavy atom. The molecular formula is C33H78Cl2N14O8. The number of carbonyl (C=O) groups excluding carboxylic acids is 4. The molecule has 22 nitrogen and oxygen atoms in total. The van der Waals surface area contributed by atoms with Gasteiger partial charge in [0.25, 0.3) is 22.3 Å². The van der Waals surface area contributed by atoms with Gasteiger partial charge in [-0.25, -0.2) is 10.0 Å². The van der Waals surface area contributed by atoms with E-state index in [0.29, 0.717) is 0 Å². The highest BCUT2D eigenvalue weighted by Gasteiger charge is 2.21. The van der Waals surface area contributed by atoms with Crippen molar-refractivity contribution in [3.05, 3.63) is 0 Å². The smallest absolute Gasteiger partial charge is 0.291 e. The number of likely N-dealkylation sites (N-methyl/N-ethyl adjacent to an activating group) is 4. The summed E-state index contributed by atoms with van der Waals surface area (Å²) in [4.78, 5) is 43.5. The molecule has 0 rings (SSSR count). The molecule has 0 fully saturated rings. The fourth-order valence-corrected chi connectivity index (χ4v) is 4.13. The van der Waals surface area contributed by atoms with Gasteiger partial charge in [0.15, 0.2) is 26.2 Å². The Hall–Kier alpha value is -3.58. The van der Waals surface area contributed by atoms with Crippen LogP contribution in [0.4, 0.5) is 0 Å². The number of amides is 2. The molecule has 0 saturated heterocycles. The molecule has 24 heteroatoms. The van der Waals surface area contributed by atoms with Crippen LogP contribution in [0.3, 0.4) is 0 Å². The van der Waals surface area contributed by atoms with Gasteiger partial charge in [0, 0.05) is 65.9 Å². The number of carbonyl (C=O) groups is 4. The Labute approximate surface area is 353 Å². The second-order valence-electron chi connectivity index (χ2n) is 14.1. The second kappa shape index (κ2) is 34.5. The van der Waals surface area contributed by atoms with E-state index in [0.717, 1.165) is 0 Å². The normalized spacial score (nSPS) is 12.2. The van der Waals surface area contributed by atoms with E-state index in [1.54, 1.807) is 109 Å². The lowest BCUT2D eigenvalue weighted by atomic mass is 10.5. The predicted molar refractivity (Wildman–Crippen MR) is 224 cm³/mol. The van der Waals surface area contributed by atoms with Crippen LogP contribution < -0.4 is 37.1 Å². The first kappa shape index (κ1) is 71.2. The third-order valence-electron chi connectivity index (χ3n) is 4.43. The number of hydrazine groups is 3. The Morgan fingerprint density at radius 3 is 0.772 bits per heavy atom. The Balaban J connectivity index is -0.0000000895. The summed E-state index contributed by atoms with van der Waals surface area (Å²) in [5, 5.41) is 60.9. The fourth-order valence-electron chi connectivity index (χ4n) is 3.55. The van der Waals surface area contributed by atoms with E-state index < -0.39 is 10.5 Å². The largest absolute Gasteiger partial charge is 0.858 e. The molecule has 0 bridgehead atoms. The third-order valence-corrected chi connectivity index (χ3v) is 4.67. The van der Waals surface area contributed by atoms with Crippen LogP contribution in [0.2, 0.25) is 0 Å². The SMILES string of the molecule is C.C.C.CC([O-])=N[N+](C)(C)CC(=O)Cl.CC([O-])=N[N+](C)(C)CC(=O)Cl.CC([O-])=N[N+](C)(C)CC(=O)NN(C)C.CC([O-])=N[N+](C)(C)CC(=O)NN(C)C.CN(C)N.